The van der Waals surface area contributed by atoms with Crippen LogP contribution in [0.5, 0.6) is 5.75 Å². The molecule has 2 aliphatic carbocycles. The summed E-state index contributed by atoms with van der Waals surface area (Å²) in [5.41, 5.74) is 0.839. The van der Waals surface area contributed by atoms with E-state index in [2.05, 4.69) is 15.9 Å². The number of ether oxygens (including phenoxy) is 1. The zero-order valence-electron chi connectivity index (χ0n) is 11.6. The Morgan fingerprint density at radius 1 is 1.15 bits per heavy atom. The molecule has 108 valence electrons. The molecule has 1 spiro atoms. The predicted molar refractivity (Wildman–Crippen MR) is 81.8 cm³/mol. The molecule has 0 amide bonds. The molecule has 2 saturated carbocycles. The fourth-order valence-corrected chi connectivity index (χ4v) is 4.57. The Labute approximate surface area is 128 Å². The van der Waals surface area contributed by atoms with Crippen molar-refractivity contribution in [2.75, 3.05) is 0 Å². The molecular weight excluding hydrogens is 316 g/mol. The lowest BCUT2D eigenvalue weighted by atomic mass is 9.72. The standard InChI is InChI=1S/C17H21BrO2/c18-13-5-6-14-15(19)10-17(20-16(14)8-13)7-1-2-12(9-17)11-3-4-11/h5-6,8,11-12,15,19H,1-4,7,9-10H2/t12?,15-,17?/m1/s1. The van der Waals surface area contributed by atoms with Crippen LogP contribution in [0.1, 0.15) is 56.6 Å². The van der Waals surface area contributed by atoms with Crippen molar-refractivity contribution in [1.82, 2.24) is 0 Å². The van der Waals surface area contributed by atoms with Gasteiger partial charge in [0.25, 0.3) is 0 Å². The lowest BCUT2D eigenvalue weighted by Crippen LogP contribution is -2.45. The summed E-state index contributed by atoms with van der Waals surface area (Å²) in [5.74, 6) is 2.65. The molecule has 3 aliphatic rings. The SMILES string of the molecule is O[C@@H]1CC2(CCCC(C3CC3)C2)Oc2cc(Br)ccc21. The lowest BCUT2D eigenvalue weighted by molar-refractivity contribution is -0.0544. The molecule has 1 aliphatic heterocycles. The summed E-state index contributed by atoms with van der Waals surface area (Å²) in [4.78, 5) is 0. The molecule has 0 saturated heterocycles. The van der Waals surface area contributed by atoms with Crippen molar-refractivity contribution in [2.45, 2.75) is 56.7 Å². The van der Waals surface area contributed by atoms with Crippen LogP contribution in [0.4, 0.5) is 0 Å². The summed E-state index contributed by atoms with van der Waals surface area (Å²) >= 11 is 3.51. The van der Waals surface area contributed by atoms with E-state index in [-0.39, 0.29) is 11.7 Å². The van der Waals surface area contributed by atoms with Gasteiger partial charge in [0.15, 0.2) is 0 Å². The number of hydrogen-bond acceptors (Lipinski definition) is 2. The van der Waals surface area contributed by atoms with E-state index < -0.39 is 0 Å². The van der Waals surface area contributed by atoms with Crippen molar-refractivity contribution in [3.05, 3.63) is 28.2 Å². The van der Waals surface area contributed by atoms with Gasteiger partial charge in [0, 0.05) is 16.5 Å². The Bertz CT molecular complexity index is 526. The highest BCUT2D eigenvalue weighted by molar-refractivity contribution is 9.10. The molecule has 1 aromatic carbocycles. The first-order chi connectivity index (χ1) is 9.65. The fourth-order valence-electron chi connectivity index (χ4n) is 4.23. The Balaban J connectivity index is 1.63. The zero-order chi connectivity index (χ0) is 13.7. The Morgan fingerprint density at radius 3 is 2.80 bits per heavy atom. The summed E-state index contributed by atoms with van der Waals surface area (Å²) in [5, 5.41) is 10.5. The van der Waals surface area contributed by atoms with Crippen molar-refractivity contribution in [3.63, 3.8) is 0 Å². The highest BCUT2D eigenvalue weighted by atomic mass is 79.9. The van der Waals surface area contributed by atoms with Crippen molar-refractivity contribution in [1.29, 1.82) is 0 Å². The second kappa shape index (κ2) is 4.74. The van der Waals surface area contributed by atoms with Gasteiger partial charge in [0.05, 0.1) is 6.10 Å². The summed E-state index contributed by atoms with van der Waals surface area (Å²) in [6.07, 6.45) is 8.06. The summed E-state index contributed by atoms with van der Waals surface area (Å²) in [7, 11) is 0. The Kier molecular flexibility index (Phi) is 3.11. The third-order valence-electron chi connectivity index (χ3n) is 5.36. The molecule has 1 aromatic rings. The highest BCUT2D eigenvalue weighted by Gasteiger charge is 2.47. The highest BCUT2D eigenvalue weighted by Crippen LogP contribution is 2.52. The maximum absolute atomic E-state index is 10.5. The maximum atomic E-state index is 10.5. The zero-order valence-corrected chi connectivity index (χ0v) is 13.2. The van der Waals surface area contributed by atoms with Gasteiger partial charge in [-0.05, 0) is 62.5 Å². The molecular formula is C17H21BrO2. The van der Waals surface area contributed by atoms with Crippen LogP contribution in [0, 0.1) is 11.8 Å². The second-order valence-corrected chi connectivity index (χ2v) is 7.80. The molecule has 1 heterocycles. The number of aliphatic hydroxyl groups excluding tert-OH is 1. The van der Waals surface area contributed by atoms with Crippen LogP contribution in [-0.4, -0.2) is 10.7 Å². The van der Waals surface area contributed by atoms with Crippen LogP contribution >= 0.6 is 15.9 Å². The number of fused-ring (bicyclic) bond motifs is 1. The molecule has 0 aromatic heterocycles. The summed E-state index contributed by atoms with van der Waals surface area (Å²) in [6.45, 7) is 0. The first-order valence-electron chi connectivity index (χ1n) is 7.82. The van der Waals surface area contributed by atoms with Crippen molar-refractivity contribution >= 4 is 15.9 Å². The molecule has 2 nitrogen and oxygen atoms in total. The van der Waals surface area contributed by atoms with Crippen LogP contribution in [0.2, 0.25) is 0 Å². The fraction of sp³-hybridized carbons (Fsp3) is 0.647. The van der Waals surface area contributed by atoms with Crippen molar-refractivity contribution in [3.8, 4) is 5.75 Å². The second-order valence-electron chi connectivity index (χ2n) is 6.88. The minimum absolute atomic E-state index is 0.112. The topological polar surface area (TPSA) is 29.5 Å². The van der Waals surface area contributed by atoms with Gasteiger partial charge < -0.3 is 9.84 Å². The molecule has 3 atom stereocenters. The van der Waals surface area contributed by atoms with Crippen molar-refractivity contribution < 1.29 is 9.84 Å². The number of hydrogen-bond donors (Lipinski definition) is 1. The van der Waals surface area contributed by atoms with E-state index in [0.717, 1.165) is 46.9 Å². The smallest absolute Gasteiger partial charge is 0.127 e. The van der Waals surface area contributed by atoms with Crippen LogP contribution in [0.25, 0.3) is 0 Å². The lowest BCUT2D eigenvalue weighted by Gasteiger charge is -2.45. The van der Waals surface area contributed by atoms with Crippen molar-refractivity contribution in [2.24, 2.45) is 11.8 Å². The van der Waals surface area contributed by atoms with Crippen LogP contribution in [-0.2, 0) is 0 Å². The van der Waals surface area contributed by atoms with E-state index in [0.29, 0.717) is 0 Å². The number of halogens is 1. The third-order valence-corrected chi connectivity index (χ3v) is 5.85. The molecule has 1 N–H and O–H groups in total. The van der Waals surface area contributed by atoms with Gasteiger partial charge in [-0.3, -0.25) is 0 Å². The normalized spacial score (nSPS) is 36.5. The monoisotopic (exact) mass is 336 g/mol. The maximum Gasteiger partial charge on any atom is 0.127 e. The van der Waals surface area contributed by atoms with Crippen LogP contribution < -0.4 is 4.74 Å². The first-order valence-corrected chi connectivity index (χ1v) is 8.61. The van der Waals surface area contributed by atoms with Gasteiger partial charge in [0.2, 0.25) is 0 Å². The number of benzene rings is 1. The van der Waals surface area contributed by atoms with Gasteiger partial charge in [-0.1, -0.05) is 22.0 Å². The average Bonchev–Trinajstić information content (AvgIpc) is 3.22. The first kappa shape index (κ1) is 13.1. The third kappa shape index (κ3) is 2.29. The van der Waals surface area contributed by atoms with Gasteiger partial charge in [-0.2, -0.15) is 0 Å². The van der Waals surface area contributed by atoms with E-state index in [1.807, 2.05) is 18.2 Å². The number of rotatable bonds is 1. The largest absolute Gasteiger partial charge is 0.487 e. The molecule has 2 fully saturated rings. The molecule has 0 radical (unpaired) electrons. The molecule has 20 heavy (non-hydrogen) atoms. The quantitative estimate of drug-likeness (QED) is 0.811. The minimum atomic E-state index is -0.371. The van der Waals surface area contributed by atoms with E-state index in [9.17, 15) is 5.11 Å². The van der Waals surface area contributed by atoms with E-state index >= 15 is 0 Å². The van der Waals surface area contributed by atoms with E-state index in [1.54, 1.807) is 0 Å². The molecule has 0 bridgehead atoms. The number of aliphatic hydroxyl groups is 1. The van der Waals surface area contributed by atoms with Gasteiger partial charge in [-0.25, -0.2) is 0 Å². The van der Waals surface area contributed by atoms with Gasteiger partial charge in [0.1, 0.15) is 11.4 Å². The van der Waals surface area contributed by atoms with Gasteiger partial charge in [-0.15, -0.1) is 0 Å². The minimum Gasteiger partial charge on any atom is -0.487 e. The molecule has 4 rings (SSSR count). The Morgan fingerprint density at radius 2 is 2.00 bits per heavy atom. The molecule has 3 heteroatoms. The van der Waals surface area contributed by atoms with Gasteiger partial charge >= 0.3 is 0 Å². The van der Waals surface area contributed by atoms with Crippen LogP contribution in [0.3, 0.4) is 0 Å². The van der Waals surface area contributed by atoms with Crippen LogP contribution in [0.15, 0.2) is 22.7 Å². The predicted octanol–water partition coefficient (Wildman–Crippen LogP) is 4.60. The summed E-state index contributed by atoms with van der Waals surface area (Å²) in [6, 6.07) is 5.98. The van der Waals surface area contributed by atoms with E-state index in [1.165, 1.54) is 25.7 Å². The summed E-state index contributed by atoms with van der Waals surface area (Å²) < 4.78 is 7.45. The average molecular weight is 337 g/mol. The molecule has 2 unspecified atom stereocenters. The Hall–Kier alpha value is -0.540. The van der Waals surface area contributed by atoms with E-state index in [4.69, 9.17) is 4.74 Å².